The van der Waals surface area contributed by atoms with Crippen molar-refractivity contribution in [3.8, 4) is 0 Å². The Kier molecular flexibility index (Phi) is 8.21. The molecule has 2 N–H and O–H groups in total. The molecule has 2 heterocycles. The Morgan fingerprint density at radius 2 is 1.80 bits per heavy atom. The molecule has 0 radical (unpaired) electrons. The molecule has 0 unspecified atom stereocenters. The maximum Gasteiger partial charge on any atom is 0.309 e. The van der Waals surface area contributed by atoms with Gasteiger partial charge in [-0.05, 0) is 68.6 Å². The number of piperidine rings is 1. The number of nitrogens with one attached hydrogen (secondary N) is 2. The highest BCUT2D eigenvalue weighted by Gasteiger charge is 2.30. The predicted molar refractivity (Wildman–Crippen MR) is 155 cm³/mol. The van der Waals surface area contributed by atoms with Crippen LogP contribution in [-0.2, 0) is 20.7 Å². The average molecular weight is 541 g/mol. The molecule has 3 aromatic rings. The van der Waals surface area contributed by atoms with Crippen LogP contribution in [0.5, 0.6) is 0 Å². The van der Waals surface area contributed by atoms with Gasteiger partial charge in [0, 0.05) is 35.6 Å². The van der Waals surface area contributed by atoms with E-state index >= 15 is 0 Å². The van der Waals surface area contributed by atoms with Gasteiger partial charge in [0.15, 0.2) is 0 Å². The van der Waals surface area contributed by atoms with Gasteiger partial charge in [-0.3, -0.25) is 19.7 Å². The van der Waals surface area contributed by atoms with Crippen LogP contribution in [-0.4, -0.2) is 47.9 Å². The lowest BCUT2D eigenvalue weighted by Crippen LogP contribution is -2.38. The molecule has 1 amide bonds. The molecule has 3 aromatic carbocycles. The number of nitro benzene ring substituents is 1. The molecule has 206 valence electrons. The number of nitrogens with zero attached hydrogens (tertiary/aromatic N) is 2. The summed E-state index contributed by atoms with van der Waals surface area (Å²) in [7, 11) is 0. The van der Waals surface area contributed by atoms with Crippen molar-refractivity contribution in [1.29, 1.82) is 0 Å². The van der Waals surface area contributed by atoms with Crippen molar-refractivity contribution in [2.24, 2.45) is 5.92 Å². The molecule has 0 saturated carbocycles. The number of benzene rings is 3. The van der Waals surface area contributed by atoms with Crippen LogP contribution < -0.4 is 10.6 Å². The van der Waals surface area contributed by atoms with Crippen molar-refractivity contribution >= 4 is 40.2 Å². The molecule has 2 aliphatic heterocycles. The van der Waals surface area contributed by atoms with Crippen LogP contribution in [0, 0.1) is 16.0 Å². The summed E-state index contributed by atoms with van der Waals surface area (Å²) in [6.07, 6.45) is 2.55. The minimum absolute atomic E-state index is 0.00883. The number of carbonyl (C=O) groups is 2. The summed E-state index contributed by atoms with van der Waals surface area (Å²) >= 11 is 0. The first-order valence-corrected chi connectivity index (χ1v) is 13.6. The number of amides is 1. The summed E-state index contributed by atoms with van der Waals surface area (Å²) in [6.45, 7) is 4.96. The lowest BCUT2D eigenvalue weighted by Gasteiger charge is -2.30. The van der Waals surface area contributed by atoms with Crippen LogP contribution in [0.1, 0.15) is 36.5 Å². The highest BCUT2D eigenvalue weighted by molar-refractivity contribution is 6.37. The highest BCUT2D eigenvalue weighted by atomic mass is 16.6. The molecule has 9 nitrogen and oxygen atoms in total. The minimum Gasteiger partial charge on any atom is -0.466 e. The molecular formula is C31H32N4O5. The summed E-state index contributed by atoms with van der Waals surface area (Å²) in [5, 5.41) is 17.7. The molecule has 0 atom stereocenters. The number of rotatable bonds is 9. The third kappa shape index (κ3) is 6.05. The lowest BCUT2D eigenvalue weighted by atomic mass is 9.96. The second-order valence-electron chi connectivity index (χ2n) is 10.00. The number of likely N-dealkylation sites (tertiary alicyclic amines) is 1. The van der Waals surface area contributed by atoms with Crippen LogP contribution in [0.15, 0.2) is 72.8 Å². The van der Waals surface area contributed by atoms with E-state index in [1.54, 1.807) is 6.07 Å². The summed E-state index contributed by atoms with van der Waals surface area (Å²) in [5.41, 5.74) is 4.69. The number of anilines is 2. The van der Waals surface area contributed by atoms with Crippen molar-refractivity contribution in [2.45, 2.75) is 26.2 Å². The van der Waals surface area contributed by atoms with E-state index in [2.05, 4.69) is 27.7 Å². The highest BCUT2D eigenvalue weighted by Crippen LogP contribution is 2.39. The summed E-state index contributed by atoms with van der Waals surface area (Å²) in [5.74, 6) is -0.383. The first-order chi connectivity index (χ1) is 19.4. The molecule has 9 heteroatoms. The molecule has 0 bridgehead atoms. The standard InChI is InChI=1S/C31H32N4O5/c1-2-40-31(37)23-15-18-34(19-16-23)17-14-21-8-10-24(11-9-21)32-29(22-6-4-3-5-7-22)28-26-20-25(35(38)39)12-13-27(26)33-30(28)36/h3-13,20,23,32H,2,14-19H2,1H3,(H,33,36)/b29-28-. The second-order valence-corrected chi connectivity index (χ2v) is 10.00. The number of esters is 1. The van der Waals surface area contributed by atoms with Gasteiger partial charge >= 0.3 is 5.97 Å². The normalized spacial score (nSPS) is 16.7. The molecule has 5 rings (SSSR count). The number of hydrogen-bond donors (Lipinski definition) is 2. The van der Waals surface area contributed by atoms with E-state index in [4.69, 9.17) is 4.74 Å². The Balaban J connectivity index is 1.31. The maximum absolute atomic E-state index is 13.1. The maximum atomic E-state index is 13.1. The molecular weight excluding hydrogens is 508 g/mol. The van der Waals surface area contributed by atoms with Crippen molar-refractivity contribution in [3.63, 3.8) is 0 Å². The molecule has 0 spiro atoms. The van der Waals surface area contributed by atoms with Crippen molar-refractivity contribution < 1.29 is 19.2 Å². The van der Waals surface area contributed by atoms with Gasteiger partial charge in [0.1, 0.15) is 0 Å². The SMILES string of the molecule is CCOC(=O)C1CCN(CCc2ccc(N/C(=C3\C(=O)Nc4ccc([N+](=O)[O-])cc43)c3ccccc3)cc2)CC1. The average Bonchev–Trinajstić information content (AvgIpc) is 3.31. The number of nitro groups is 1. The molecule has 1 saturated heterocycles. The molecule has 40 heavy (non-hydrogen) atoms. The largest absolute Gasteiger partial charge is 0.466 e. The Morgan fingerprint density at radius 3 is 2.48 bits per heavy atom. The number of hydrogen-bond acceptors (Lipinski definition) is 7. The smallest absolute Gasteiger partial charge is 0.309 e. The quantitative estimate of drug-likeness (QED) is 0.163. The van der Waals surface area contributed by atoms with Crippen molar-refractivity contribution in [2.75, 3.05) is 36.9 Å². The van der Waals surface area contributed by atoms with Gasteiger partial charge in [0.25, 0.3) is 11.6 Å². The number of fused-ring (bicyclic) bond motifs is 1. The molecule has 2 aliphatic rings. The van der Waals surface area contributed by atoms with E-state index in [9.17, 15) is 19.7 Å². The van der Waals surface area contributed by atoms with Gasteiger partial charge in [-0.2, -0.15) is 0 Å². The van der Waals surface area contributed by atoms with Crippen LogP contribution in [0.25, 0.3) is 11.3 Å². The molecule has 0 aliphatic carbocycles. The van der Waals surface area contributed by atoms with E-state index in [-0.39, 0.29) is 23.5 Å². The van der Waals surface area contributed by atoms with Gasteiger partial charge in [-0.1, -0.05) is 42.5 Å². The topological polar surface area (TPSA) is 114 Å². The van der Waals surface area contributed by atoms with E-state index in [1.807, 2.05) is 49.4 Å². The van der Waals surface area contributed by atoms with E-state index in [0.29, 0.717) is 29.1 Å². The third-order valence-electron chi connectivity index (χ3n) is 7.42. The fourth-order valence-corrected chi connectivity index (χ4v) is 5.24. The number of ether oxygens (including phenoxy) is 1. The lowest BCUT2D eigenvalue weighted by molar-refractivity contribution is -0.384. The van der Waals surface area contributed by atoms with Gasteiger partial charge in [0.2, 0.25) is 0 Å². The first kappa shape index (κ1) is 27.1. The summed E-state index contributed by atoms with van der Waals surface area (Å²) in [6, 6.07) is 21.9. The fourth-order valence-electron chi connectivity index (χ4n) is 5.24. The van der Waals surface area contributed by atoms with E-state index in [0.717, 1.165) is 50.1 Å². The van der Waals surface area contributed by atoms with Crippen LogP contribution >= 0.6 is 0 Å². The van der Waals surface area contributed by atoms with Gasteiger partial charge in [0.05, 0.1) is 28.7 Å². The Morgan fingerprint density at radius 1 is 1.07 bits per heavy atom. The van der Waals surface area contributed by atoms with E-state index in [1.165, 1.54) is 17.7 Å². The molecule has 0 aromatic heterocycles. The predicted octanol–water partition coefficient (Wildman–Crippen LogP) is 5.34. The van der Waals surface area contributed by atoms with Crippen molar-refractivity contribution in [3.05, 3.63) is 99.6 Å². The van der Waals surface area contributed by atoms with Gasteiger partial charge in [-0.25, -0.2) is 0 Å². The fraction of sp³-hybridized carbons (Fsp3) is 0.290. The zero-order chi connectivity index (χ0) is 28.1. The Bertz CT molecular complexity index is 1430. The van der Waals surface area contributed by atoms with Crippen molar-refractivity contribution in [1.82, 2.24) is 4.90 Å². The zero-order valence-corrected chi connectivity index (χ0v) is 22.4. The number of carbonyl (C=O) groups excluding carboxylic acids is 2. The molecule has 1 fully saturated rings. The second kappa shape index (κ2) is 12.1. The van der Waals surface area contributed by atoms with Crippen LogP contribution in [0.4, 0.5) is 17.1 Å². The van der Waals surface area contributed by atoms with Crippen LogP contribution in [0.2, 0.25) is 0 Å². The summed E-state index contributed by atoms with van der Waals surface area (Å²) < 4.78 is 5.17. The monoisotopic (exact) mass is 540 g/mol. The first-order valence-electron chi connectivity index (χ1n) is 13.6. The number of non-ortho nitro benzene ring substituents is 1. The Hall–Kier alpha value is -4.50. The van der Waals surface area contributed by atoms with Gasteiger partial charge < -0.3 is 20.3 Å². The minimum atomic E-state index is -0.461. The van der Waals surface area contributed by atoms with E-state index < -0.39 is 4.92 Å². The third-order valence-corrected chi connectivity index (χ3v) is 7.42. The summed E-state index contributed by atoms with van der Waals surface area (Å²) in [4.78, 5) is 38.4. The van der Waals surface area contributed by atoms with Crippen LogP contribution in [0.3, 0.4) is 0 Å². The van der Waals surface area contributed by atoms with Gasteiger partial charge in [-0.15, -0.1) is 0 Å². The Labute approximate surface area is 233 Å². The zero-order valence-electron chi connectivity index (χ0n) is 22.4.